The van der Waals surface area contributed by atoms with Gasteiger partial charge in [0.1, 0.15) is 11.8 Å². The monoisotopic (exact) mass is 297 g/mol. The number of benzene rings is 1. The molecule has 1 aliphatic rings. The maximum absolute atomic E-state index is 10.2. The van der Waals surface area contributed by atoms with Gasteiger partial charge in [-0.05, 0) is 18.1 Å². The zero-order valence-corrected chi connectivity index (χ0v) is 13.1. The average Bonchev–Trinajstić information content (AvgIpc) is 2.56. The first-order chi connectivity index (χ1) is 10.7. The predicted octanol–water partition coefficient (Wildman–Crippen LogP) is 4.21. The number of aliphatic hydroxyl groups is 1. The van der Waals surface area contributed by atoms with Crippen molar-refractivity contribution in [3.05, 3.63) is 53.8 Å². The van der Waals surface area contributed by atoms with Gasteiger partial charge in [0, 0.05) is 5.57 Å². The molecule has 22 heavy (non-hydrogen) atoms. The van der Waals surface area contributed by atoms with Gasteiger partial charge in [0.05, 0.1) is 13.0 Å². The van der Waals surface area contributed by atoms with E-state index in [4.69, 9.17) is 10.00 Å². The maximum Gasteiger partial charge on any atom is 0.177 e. The number of allylic oxidation sites excluding steroid dienone is 2. The Morgan fingerprint density at radius 3 is 2.68 bits per heavy atom. The van der Waals surface area contributed by atoms with E-state index in [1.165, 1.54) is 12.8 Å². The van der Waals surface area contributed by atoms with E-state index in [-0.39, 0.29) is 6.42 Å². The second-order valence-electron chi connectivity index (χ2n) is 5.66. The molecule has 2 rings (SSSR count). The molecule has 0 heterocycles. The Morgan fingerprint density at radius 1 is 1.23 bits per heavy atom. The highest BCUT2D eigenvalue weighted by atomic mass is 16.5. The summed E-state index contributed by atoms with van der Waals surface area (Å²) in [6.45, 7) is 2.80. The molecule has 1 N–H and O–H groups in total. The molecular formula is C19H23NO2. The summed E-state index contributed by atoms with van der Waals surface area (Å²) in [6.07, 6.45) is 8.09. The van der Waals surface area contributed by atoms with Gasteiger partial charge in [-0.25, -0.2) is 0 Å². The molecule has 1 atom stereocenters. The van der Waals surface area contributed by atoms with Gasteiger partial charge in [-0.2, -0.15) is 5.26 Å². The van der Waals surface area contributed by atoms with Crippen LogP contribution >= 0.6 is 0 Å². The molecule has 116 valence electrons. The molecule has 0 saturated carbocycles. The molecule has 1 aromatic carbocycles. The molecule has 1 unspecified atom stereocenters. The Morgan fingerprint density at radius 2 is 2.00 bits per heavy atom. The molecule has 0 spiro atoms. The van der Waals surface area contributed by atoms with Crippen LogP contribution in [-0.4, -0.2) is 17.3 Å². The lowest BCUT2D eigenvalue weighted by Crippen LogP contribution is -2.27. The molecule has 1 aliphatic carbocycles. The average molecular weight is 297 g/mol. The second-order valence-corrected chi connectivity index (χ2v) is 5.66. The first-order valence-corrected chi connectivity index (χ1v) is 7.93. The lowest BCUT2D eigenvalue weighted by Gasteiger charge is -2.25. The topological polar surface area (TPSA) is 53.2 Å². The summed E-state index contributed by atoms with van der Waals surface area (Å²) in [5.41, 5.74) is 0.537. The number of rotatable bonds is 7. The van der Waals surface area contributed by atoms with Crippen LogP contribution in [0.1, 0.15) is 44.6 Å². The van der Waals surface area contributed by atoms with Gasteiger partial charge in [-0.3, -0.25) is 0 Å². The van der Waals surface area contributed by atoms with Crippen LogP contribution in [0.3, 0.4) is 0 Å². The first kappa shape index (κ1) is 16.3. The second kappa shape index (κ2) is 7.82. The maximum atomic E-state index is 10.2. The molecule has 0 aromatic heterocycles. The highest BCUT2D eigenvalue weighted by Crippen LogP contribution is 2.33. The third kappa shape index (κ3) is 4.22. The summed E-state index contributed by atoms with van der Waals surface area (Å²) in [6, 6.07) is 11.9. The molecule has 0 fully saturated rings. The van der Waals surface area contributed by atoms with Crippen molar-refractivity contribution in [2.24, 2.45) is 0 Å². The van der Waals surface area contributed by atoms with Crippen LogP contribution in [0.2, 0.25) is 0 Å². The zero-order chi connectivity index (χ0) is 15.8. The van der Waals surface area contributed by atoms with E-state index in [2.05, 4.69) is 6.92 Å². The fourth-order valence-electron chi connectivity index (χ4n) is 2.52. The third-order valence-corrected chi connectivity index (χ3v) is 3.81. The quantitative estimate of drug-likeness (QED) is 0.606. The molecule has 1 aromatic rings. The van der Waals surface area contributed by atoms with E-state index in [1.54, 1.807) is 12.2 Å². The van der Waals surface area contributed by atoms with Gasteiger partial charge in [0.15, 0.2) is 5.60 Å². The van der Waals surface area contributed by atoms with E-state index in [9.17, 15) is 5.11 Å². The summed E-state index contributed by atoms with van der Waals surface area (Å²) >= 11 is 0. The van der Waals surface area contributed by atoms with Gasteiger partial charge in [-0.15, -0.1) is 0 Å². The van der Waals surface area contributed by atoms with E-state index in [0.29, 0.717) is 12.4 Å². The smallest absolute Gasteiger partial charge is 0.177 e. The van der Waals surface area contributed by atoms with Gasteiger partial charge in [0.25, 0.3) is 0 Å². The Balaban J connectivity index is 2.14. The van der Waals surface area contributed by atoms with Crippen LogP contribution in [0.5, 0.6) is 0 Å². The summed E-state index contributed by atoms with van der Waals surface area (Å²) in [5.74, 6) is 0.703. The van der Waals surface area contributed by atoms with Crippen LogP contribution < -0.4 is 0 Å². The van der Waals surface area contributed by atoms with Crippen LogP contribution in [0.4, 0.5) is 0 Å². The van der Waals surface area contributed by atoms with E-state index in [0.717, 1.165) is 24.0 Å². The number of hydrogen-bond acceptors (Lipinski definition) is 3. The molecule has 0 amide bonds. The van der Waals surface area contributed by atoms with Gasteiger partial charge in [-0.1, -0.05) is 62.6 Å². The lowest BCUT2D eigenvalue weighted by atomic mass is 9.89. The third-order valence-electron chi connectivity index (χ3n) is 3.81. The SMILES string of the molecule is CCCCCCOC1=C(c2ccccc2)C=CC(O)(C#N)C1. The minimum Gasteiger partial charge on any atom is -0.497 e. The summed E-state index contributed by atoms with van der Waals surface area (Å²) < 4.78 is 5.91. The van der Waals surface area contributed by atoms with E-state index < -0.39 is 5.60 Å². The van der Waals surface area contributed by atoms with Gasteiger partial charge in [0.2, 0.25) is 0 Å². The summed E-state index contributed by atoms with van der Waals surface area (Å²) in [7, 11) is 0. The van der Waals surface area contributed by atoms with Crippen molar-refractivity contribution in [1.29, 1.82) is 5.26 Å². The number of nitriles is 1. The van der Waals surface area contributed by atoms with E-state index >= 15 is 0 Å². The van der Waals surface area contributed by atoms with Crippen molar-refractivity contribution in [3.8, 4) is 6.07 Å². The van der Waals surface area contributed by atoms with Crippen molar-refractivity contribution in [1.82, 2.24) is 0 Å². The Kier molecular flexibility index (Phi) is 5.80. The van der Waals surface area contributed by atoms with Crippen LogP contribution in [-0.2, 0) is 4.74 Å². The highest BCUT2D eigenvalue weighted by molar-refractivity contribution is 5.77. The molecule has 0 bridgehead atoms. The zero-order valence-electron chi connectivity index (χ0n) is 13.1. The fourth-order valence-corrected chi connectivity index (χ4v) is 2.52. The van der Waals surface area contributed by atoms with Gasteiger partial charge >= 0.3 is 0 Å². The molecule has 0 saturated heterocycles. The number of ether oxygens (including phenoxy) is 1. The predicted molar refractivity (Wildman–Crippen MR) is 87.8 cm³/mol. The largest absolute Gasteiger partial charge is 0.497 e. The van der Waals surface area contributed by atoms with Crippen LogP contribution in [0.15, 0.2) is 48.2 Å². The van der Waals surface area contributed by atoms with Crippen LogP contribution in [0.25, 0.3) is 5.57 Å². The van der Waals surface area contributed by atoms with Crippen molar-refractivity contribution < 1.29 is 9.84 Å². The summed E-state index contributed by atoms with van der Waals surface area (Å²) in [4.78, 5) is 0. The molecule has 0 aliphatic heterocycles. The van der Waals surface area contributed by atoms with E-state index in [1.807, 2.05) is 36.4 Å². The number of unbranched alkanes of at least 4 members (excludes halogenated alkanes) is 3. The normalized spacial score (nSPS) is 20.8. The fraction of sp³-hybridized carbons (Fsp3) is 0.421. The van der Waals surface area contributed by atoms with Crippen molar-refractivity contribution in [3.63, 3.8) is 0 Å². The Labute approximate surface area is 132 Å². The van der Waals surface area contributed by atoms with Gasteiger partial charge < -0.3 is 9.84 Å². The van der Waals surface area contributed by atoms with Crippen molar-refractivity contribution in [2.45, 2.75) is 44.6 Å². The number of hydrogen-bond donors (Lipinski definition) is 1. The Bertz CT molecular complexity index is 583. The first-order valence-electron chi connectivity index (χ1n) is 7.93. The minimum atomic E-state index is -1.46. The van der Waals surface area contributed by atoms with Crippen molar-refractivity contribution in [2.75, 3.05) is 6.61 Å². The molecule has 3 nitrogen and oxygen atoms in total. The van der Waals surface area contributed by atoms with Crippen LogP contribution in [0, 0.1) is 11.3 Å². The Hall–Kier alpha value is -2.05. The summed E-state index contributed by atoms with van der Waals surface area (Å²) in [5, 5.41) is 19.3. The van der Waals surface area contributed by atoms with Crippen molar-refractivity contribution >= 4 is 5.57 Å². The highest BCUT2D eigenvalue weighted by Gasteiger charge is 2.30. The lowest BCUT2D eigenvalue weighted by molar-refractivity contribution is 0.110. The molecule has 3 heteroatoms. The standard InChI is InChI=1S/C19H23NO2/c1-2-3-4-8-13-22-18-14-19(21,15-20)12-11-17(18)16-9-6-5-7-10-16/h5-7,9-12,21H,2-4,8,13-14H2,1H3. The minimum absolute atomic E-state index is 0.206. The molecular weight excluding hydrogens is 274 g/mol. The number of nitrogens with zero attached hydrogens (tertiary/aromatic N) is 1. The molecule has 0 radical (unpaired) electrons.